The largest absolute Gasteiger partial charge is 0.539 e. The molecule has 1 aliphatic carbocycles. The van der Waals surface area contributed by atoms with Gasteiger partial charge in [0, 0.05) is 29.8 Å². The van der Waals surface area contributed by atoms with Crippen LogP contribution in [0.4, 0.5) is 4.79 Å². The van der Waals surface area contributed by atoms with E-state index >= 15 is 0 Å². The maximum Gasteiger partial charge on any atom is 0.319 e. The van der Waals surface area contributed by atoms with Crippen molar-refractivity contribution in [1.82, 2.24) is 15.9 Å². The molecule has 1 aromatic heterocycles. The van der Waals surface area contributed by atoms with Gasteiger partial charge in [0.25, 0.3) is 5.69 Å². The average Bonchev–Trinajstić information content (AvgIpc) is 2.94. The molecule has 2 aromatic rings. The molecule has 2 N–H and O–H groups in total. The number of allylic oxidation sites excluding steroid dienone is 1. The molecule has 2 heterocycles. The Labute approximate surface area is 149 Å². The molecule has 1 atom stereocenters. The average molecular weight is 354 g/mol. The number of para-hydroxylation sites is 1. The highest BCUT2D eigenvalue weighted by Gasteiger charge is 2.44. The van der Waals surface area contributed by atoms with E-state index in [2.05, 4.69) is 15.9 Å². The second-order valence-corrected chi connectivity index (χ2v) is 7.36. The third-order valence-electron chi connectivity index (χ3n) is 4.67. The molecule has 0 bridgehead atoms. The number of ketones is 1. The molecule has 1 aromatic carbocycles. The van der Waals surface area contributed by atoms with Gasteiger partial charge in [-0.2, -0.15) is 0 Å². The maximum atomic E-state index is 12.8. The smallest absolute Gasteiger partial charge is 0.319 e. The molecule has 0 radical (unpaired) electrons. The van der Waals surface area contributed by atoms with Crippen molar-refractivity contribution >= 4 is 11.8 Å². The molecule has 1 aliphatic heterocycles. The minimum atomic E-state index is -0.902. The first-order valence-corrected chi connectivity index (χ1v) is 8.34. The highest BCUT2D eigenvalue weighted by molar-refractivity contribution is 6.01. The number of Topliss-reactive ketones (excluding diaryl/α,β-unsaturated/α-hetero) is 1. The Balaban J connectivity index is 1.87. The summed E-state index contributed by atoms with van der Waals surface area (Å²) in [5.74, 6) is -0.792. The van der Waals surface area contributed by atoms with Crippen LogP contribution in [0, 0.1) is 5.41 Å². The molecule has 0 saturated heterocycles. The lowest BCUT2D eigenvalue weighted by Crippen LogP contribution is -2.52. The number of hydrogen-bond donors (Lipinski definition) is 2. The number of carbonyl (C=O) groups excluding carboxylic acids is 2. The van der Waals surface area contributed by atoms with Gasteiger partial charge in [0.15, 0.2) is 17.8 Å². The molecule has 2 amide bonds. The summed E-state index contributed by atoms with van der Waals surface area (Å²) >= 11 is 0. The monoisotopic (exact) mass is 354 g/mol. The van der Waals surface area contributed by atoms with Gasteiger partial charge < -0.3 is 20.3 Å². The highest BCUT2D eigenvalue weighted by Crippen LogP contribution is 2.41. The fourth-order valence-corrected chi connectivity index (χ4v) is 3.61. The Morgan fingerprint density at radius 2 is 1.96 bits per heavy atom. The Morgan fingerprint density at radius 3 is 2.69 bits per heavy atom. The van der Waals surface area contributed by atoms with Crippen molar-refractivity contribution in [2.45, 2.75) is 32.7 Å². The van der Waals surface area contributed by atoms with Crippen molar-refractivity contribution in [2.24, 2.45) is 5.41 Å². The van der Waals surface area contributed by atoms with Gasteiger partial charge in [-0.05, 0) is 16.5 Å². The van der Waals surface area contributed by atoms with Crippen LogP contribution < -0.4 is 20.4 Å². The number of aromatic nitrogens is 2. The van der Waals surface area contributed by atoms with Crippen molar-refractivity contribution in [1.29, 1.82) is 0 Å². The number of amides is 2. The van der Waals surface area contributed by atoms with E-state index in [4.69, 9.17) is 4.52 Å². The Morgan fingerprint density at radius 1 is 1.23 bits per heavy atom. The van der Waals surface area contributed by atoms with Crippen LogP contribution in [0.15, 0.2) is 46.1 Å². The second kappa shape index (κ2) is 5.69. The maximum absolute atomic E-state index is 12.8. The van der Waals surface area contributed by atoms with Crippen LogP contribution in [0.25, 0.3) is 5.69 Å². The summed E-state index contributed by atoms with van der Waals surface area (Å²) < 4.78 is 6.18. The lowest BCUT2D eigenvalue weighted by molar-refractivity contribution is -0.678. The summed E-state index contributed by atoms with van der Waals surface area (Å²) in [5, 5.41) is 21.6. The van der Waals surface area contributed by atoms with Gasteiger partial charge >= 0.3 is 6.03 Å². The van der Waals surface area contributed by atoms with Crippen molar-refractivity contribution < 1.29 is 23.9 Å². The van der Waals surface area contributed by atoms with Gasteiger partial charge in [-0.1, -0.05) is 32.0 Å². The Kier molecular flexibility index (Phi) is 3.57. The molecule has 134 valence electrons. The van der Waals surface area contributed by atoms with Crippen LogP contribution in [-0.4, -0.2) is 17.1 Å². The predicted molar refractivity (Wildman–Crippen MR) is 86.9 cm³/mol. The molecule has 1 unspecified atom stereocenters. The van der Waals surface area contributed by atoms with Crippen LogP contribution in [0.1, 0.15) is 38.4 Å². The number of carbonyl (C=O) groups is 2. The van der Waals surface area contributed by atoms with Crippen molar-refractivity contribution in [3.05, 3.63) is 47.3 Å². The third-order valence-corrected chi connectivity index (χ3v) is 4.67. The zero-order chi connectivity index (χ0) is 18.5. The summed E-state index contributed by atoms with van der Waals surface area (Å²) in [5.41, 5.74) is 1.41. The molecule has 0 fully saturated rings. The van der Waals surface area contributed by atoms with Crippen LogP contribution in [0.5, 0.6) is 5.95 Å². The summed E-state index contributed by atoms with van der Waals surface area (Å²) in [6.45, 7) is 3.95. The summed E-state index contributed by atoms with van der Waals surface area (Å²) in [6.07, 6.45) is 0.882. The lowest BCUT2D eigenvalue weighted by atomic mass is 9.73. The number of benzene rings is 1. The molecule has 8 heteroatoms. The minimum Gasteiger partial charge on any atom is -0.539 e. The van der Waals surface area contributed by atoms with E-state index in [0.717, 1.165) is 0 Å². The van der Waals surface area contributed by atoms with Gasteiger partial charge in [-0.25, -0.2) is 4.79 Å². The van der Waals surface area contributed by atoms with Crippen molar-refractivity contribution in [3.8, 4) is 11.6 Å². The van der Waals surface area contributed by atoms with E-state index in [1.54, 1.807) is 24.3 Å². The van der Waals surface area contributed by atoms with Crippen LogP contribution >= 0.6 is 0 Å². The van der Waals surface area contributed by atoms with Gasteiger partial charge in [-0.15, -0.1) is 0 Å². The normalized spacial score (nSPS) is 21.8. The van der Waals surface area contributed by atoms with E-state index < -0.39 is 18.0 Å². The lowest BCUT2D eigenvalue weighted by Gasteiger charge is -2.37. The number of rotatable bonds is 2. The van der Waals surface area contributed by atoms with Gasteiger partial charge in [0.1, 0.15) is 0 Å². The van der Waals surface area contributed by atoms with E-state index in [9.17, 15) is 14.7 Å². The van der Waals surface area contributed by atoms with E-state index in [1.165, 1.54) is 4.68 Å². The highest BCUT2D eigenvalue weighted by atomic mass is 16.6. The van der Waals surface area contributed by atoms with Gasteiger partial charge in [0.05, 0.1) is 5.27 Å². The van der Waals surface area contributed by atoms with E-state index in [0.29, 0.717) is 29.8 Å². The number of urea groups is 1. The summed E-state index contributed by atoms with van der Waals surface area (Å²) in [4.78, 5) is 25.0. The van der Waals surface area contributed by atoms with Crippen molar-refractivity contribution in [2.75, 3.05) is 0 Å². The molecule has 0 spiro atoms. The summed E-state index contributed by atoms with van der Waals surface area (Å²) in [7, 11) is 0. The standard InChI is InChI=1S/C18H18N4O4/c1-18(2)8-11-13(12(23)9-18)14(20-17(25)19-11)15-16(24)26-21-22(15)10-6-4-3-5-7-10/h3-7,14H,8-9H2,1-2H3,(H2-,19,20,21,23,24,25). The Hall–Kier alpha value is -3.16. The van der Waals surface area contributed by atoms with Gasteiger partial charge in [-0.3, -0.25) is 4.79 Å². The van der Waals surface area contributed by atoms with Gasteiger partial charge in [0.2, 0.25) is 5.69 Å². The molecular formula is C18H18N4O4. The van der Waals surface area contributed by atoms with E-state index in [1.807, 2.05) is 19.9 Å². The minimum absolute atomic E-state index is 0.103. The zero-order valence-corrected chi connectivity index (χ0v) is 14.4. The quantitative estimate of drug-likeness (QED) is 0.782. The first kappa shape index (κ1) is 16.3. The molecule has 4 rings (SSSR count). The fraction of sp³-hybridized carbons (Fsp3) is 0.333. The van der Waals surface area contributed by atoms with Crippen LogP contribution in [0.3, 0.4) is 0 Å². The molecule has 26 heavy (non-hydrogen) atoms. The van der Waals surface area contributed by atoms with Crippen LogP contribution in [-0.2, 0) is 4.79 Å². The number of nitrogens with zero attached hydrogens (tertiary/aromatic N) is 2. The second-order valence-electron chi connectivity index (χ2n) is 7.36. The molecule has 8 nitrogen and oxygen atoms in total. The summed E-state index contributed by atoms with van der Waals surface area (Å²) in [6, 6.07) is 7.59. The first-order chi connectivity index (χ1) is 12.4. The number of nitrogens with one attached hydrogen (secondary N) is 2. The zero-order valence-electron chi connectivity index (χ0n) is 14.4. The van der Waals surface area contributed by atoms with Crippen LogP contribution in [0.2, 0.25) is 0 Å². The fourth-order valence-electron chi connectivity index (χ4n) is 3.61. The molecule has 0 saturated carbocycles. The Bertz CT molecular complexity index is 930. The predicted octanol–water partition coefficient (Wildman–Crippen LogP) is 1.02. The molecular weight excluding hydrogens is 336 g/mol. The topological polar surface area (TPSA) is 111 Å². The number of hydrogen-bond acceptors (Lipinski definition) is 5. The first-order valence-electron chi connectivity index (χ1n) is 8.34. The SMILES string of the molecule is CC1(C)CC(=O)C2=C(C1)NC(=O)NC2c1c([O-])on[n+]1-c1ccccc1. The third kappa shape index (κ3) is 2.63. The van der Waals surface area contributed by atoms with Crippen molar-refractivity contribution in [3.63, 3.8) is 0 Å². The van der Waals surface area contributed by atoms with E-state index in [-0.39, 0.29) is 16.9 Å². The molecule has 2 aliphatic rings.